The van der Waals surface area contributed by atoms with E-state index in [-0.39, 0.29) is 18.2 Å². The Morgan fingerprint density at radius 1 is 0.927 bits per heavy atom. The molecule has 1 atom stereocenters. The van der Waals surface area contributed by atoms with Crippen molar-refractivity contribution in [3.05, 3.63) is 85.5 Å². The van der Waals surface area contributed by atoms with Gasteiger partial charge in [0, 0.05) is 45.3 Å². The summed E-state index contributed by atoms with van der Waals surface area (Å²) in [4.78, 5) is 62.5. The van der Waals surface area contributed by atoms with Gasteiger partial charge >= 0.3 is 5.69 Å². The van der Waals surface area contributed by atoms with E-state index in [0.29, 0.717) is 60.5 Å². The number of halogens is 1. The first-order valence-corrected chi connectivity index (χ1v) is 13.9. The number of imide groups is 1. The van der Waals surface area contributed by atoms with Gasteiger partial charge in [-0.15, -0.1) is 0 Å². The fourth-order valence-corrected chi connectivity index (χ4v) is 5.97. The van der Waals surface area contributed by atoms with Crippen molar-refractivity contribution in [2.24, 2.45) is 14.1 Å². The monoisotopic (exact) mass is 575 g/mol. The standard InChI is InChI=1S/C29H30ClN7O4/c1-18-9-10-20(30)15-21(18)37-23(38)16-22(26(37)39)34-11-13-35(14-12-34)28-31-25-24(27(40)33(3)29(41)32(25)2)36(28)17-19-7-5-4-6-8-19/h4-10,15,22H,11-14,16-17H2,1-3H3. The molecule has 0 radical (unpaired) electrons. The van der Waals surface area contributed by atoms with Crippen LogP contribution in [0.15, 0.2) is 58.1 Å². The van der Waals surface area contributed by atoms with Crippen LogP contribution in [-0.2, 0) is 30.2 Å². The molecule has 2 aromatic carbocycles. The minimum atomic E-state index is -0.556. The molecule has 12 heteroatoms. The lowest BCUT2D eigenvalue weighted by Crippen LogP contribution is -2.53. The normalized spacial score (nSPS) is 18.2. The number of hydrogen-bond donors (Lipinski definition) is 0. The van der Waals surface area contributed by atoms with Crippen molar-refractivity contribution in [1.82, 2.24) is 23.6 Å². The zero-order chi connectivity index (χ0) is 29.0. The van der Waals surface area contributed by atoms with Gasteiger partial charge in [0.2, 0.25) is 11.9 Å². The smallest absolute Gasteiger partial charge is 0.332 e. The highest BCUT2D eigenvalue weighted by molar-refractivity contribution is 6.31. The summed E-state index contributed by atoms with van der Waals surface area (Å²) in [7, 11) is 3.08. The van der Waals surface area contributed by atoms with E-state index in [1.54, 1.807) is 25.2 Å². The fraction of sp³-hybridized carbons (Fsp3) is 0.345. The summed E-state index contributed by atoms with van der Waals surface area (Å²) in [6, 6.07) is 14.4. The van der Waals surface area contributed by atoms with Gasteiger partial charge < -0.3 is 4.90 Å². The maximum atomic E-state index is 13.5. The Morgan fingerprint density at radius 3 is 2.34 bits per heavy atom. The second-order valence-corrected chi connectivity index (χ2v) is 11.0. The number of anilines is 2. The lowest BCUT2D eigenvalue weighted by atomic mass is 10.1. The number of carbonyl (C=O) groups excluding carboxylic acids is 2. The Morgan fingerprint density at radius 2 is 1.63 bits per heavy atom. The lowest BCUT2D eigenvalue weighted by molar-refractivity contribution is -0.123. The molecule has 11 nitrogen and oxygen atoms in total. The molecule has 41 heavy (non-hydrogen) atoms. The van der Waals surface area contributed by atoms with Crippen LogP contribution in [0.5, 0.6) is 0 Å². The van der Waals surface area contributed by atoms with Gasteiger partial charge in [-0.1, -0.05) is 48.0 Å². The largest absolute Gasteiger partial charge is 0.340 e. The van der Waals surface area contributed by atoms with Gasteiger partial charge in [0.15, 0.2) is 11.2 Å². The summed E-state index contributed by atoms with van der Waals surface area (Å²) >= 11 is 6.17. The molecule has 2 aliphatic rings. The topological polar surface area (TPSA) is 106 Å². The van der Waals surface area contributed by atoms with Crippen LogP contribution in [-0.4, -0.2) is 67.6 Å². The Labute approximate surface area is 240 Å². The second-order valence-electron chi connectivity index (χ2n) is 10.6. The summed E-state index contributed by atoms with van der Waals surface area (Å²) in [5.74, 6) is 0.102. The average molecular weight is 576 g/mol. The van der Waals surface area contributed by atoms with Gasteiger partial charge in [-0.3, -0.25) is 33.0 Å². The number of imidazole rings is 1. The first-order valence-electron chi connectivity index (χ1n) is 13.5. The van der Waals surface area contributed by atoms with Gasteiger partial charge in [-0.2, -0.15) is 4.98 Å². The molecule has 6 rings (SSSR count). The third-order valence-electron chi connectivity index (χ3n) is 8.08. The van der Waals surface area contributed by atoms with Gasteiger partial charge in [-0.25, -0.2) is 9.69 Å². The summed E-state index contributed by atoms with van der Waals surface area (Å²) in [5, 5.41) is 0.467. The highest BCUT2D eigenvalue weighted by Gasteiger charge is 2.44. The molecule has 4 heterocycles. The molecule has 1 unspecified atom stereocenters. The summed E-state index contributed by atoms with van der Waals surface area (Å²) in [5.41, 5.74) is 2.18. The van der Waals surface area contributed by atoms with Crippen LogP contribution in [0.4, 0.5) is 11.6 Å². The fourth-order valence-electron chi connectivity index (χ4n) is 5.80. The molecular weight excluding hydrogens is 546 g/mol. The predicted molar refractivity (Wildman–Crippen MR) is 157 cm³/mol. The molecule has 2 aromatic heterocycles. The van der Waals surface area contributed by atoms with Crippen LogP contribution in [0, 0.1) is 6.92 Å². The second kappa shape index (κ2) is 10.3. The van der Waals surface area contributed by atoms with E-state index < -0.39 is 17.3 Å². The molecule has 0 aliphatic carbocycles. The van der Waals surface area contributed by atoms with Crippen molar-refractivity contribution < 1.29 is 9.59 Å². The Bertz CT molecular complexity index is 1800. The van der Waals surface area contributed by atoms with Gasteiger partial charge in [0.1, 0.15) is 0 Å². The molecule has 212 valence electrons. The maximum Gasteiger partial charge on any atom is 0.332 e. The quantitative estimate of drug-likeness (QED) is 0.335. The van der Waals surface area contributed by atoms with Crippen LogP contribution >= 0.6 is 11.6 Å². The number of aryl methyl sites for hydroxylation is 2. The van der Waals surface area contributed by atoms with E-state index in [9.17, 15) is 19.2 Å². The van der Waals surface area contributed by atoms with Gasteiger partial charge in [-0.05, 0) is 30.2 Å². The van der Waals surface area contributed by atoms with Crippen molar-refractivity contribution >= 4 is 46.2 Å². The predicted octanol–water partition coefficient (Wildman–Crippen LogP) is 1.90. The molecule has 2 aliphatic heterocycles. The number of hydrogen-bond acceptors (Lipinski definition) is 7. The summed E-state index contributed by atoms with van der Waals surface area (Å²) in [6.45, 7) is 4.36. The number of piperazine rings is 1. The number of carbonyl (C=O) groups is 2. The van der Waals surface area contributed by atoms with E-state index in [4.69, 9.17) is 16.6 Å². The number of benzene rings is 2. The van der Waals surface area contributed by atoms with E-state index in [2.05, 4.69) is 4.90 Å². The molecule has 0 bridgehead atoms. The first kappa shape index (κ1) is 27.0. The van der Waals surface area contributed by atoms with Crippen molar-refractivity contribution in [2.75, 3.05) is 36.0 Å². The summed E-state index contributed by atoms with van der Waals surface area (Å²) < 4.78 is 4.37. The number of nitrogens with zero attached hydrogens (tertiary/aromatic N) is 7. The molecule has 2 saturated heterocycles. The highest BCUT2D eigenvalue weighted by atomic mass is 35.5. The lowest BCUT2D eigenvalue weighted by Gasteiger charge is -2.37. The minimum absolute atomic E-state index is 0.107. The first-order chi connectivity index (χ1) is 19.7. The van der Waals surface area contributed by atoms with Crippen LogP contribution in [0.25, 0.3) is 11.2 Å². The SMILES string of the molecule is Cc1ccc(Cl)cc1N1C(=O)CC(N2CCN(c3nc4c(c(=O)n(C)c(=O)n4C)n3Cc3ccccc3)CC2)C1=O. The number of rotatable bonds is 5. The molecule has 0 saturated carbocycles. The van der Waals surface area contributed by atoms with E-state index in [1.807, 2.05) is 46.7 Å². The van der Waals surface area contributed by atoms with Gasteiger partial charge in [0.25, 0.3) is 11.5 Å². The Kier molecular flexibility index (Phi) is 6.79. The van der Waals surface area contributed by atoms with E-state index in [0.717, 1.165) is 15.7 Å². The number of fused-ring (bicyclic) bond motifs is 1. The van der Waals surface area contributed by atoms with Gasteiger partial charge in [0.05, 0.1) is 24.7 Å². The van der Waals surface area contributed by atoms with Crippen molar-refractivity contribution in [1.29, 1.82) is 0 Å². The number of aromatic nitrogens is 4. The third kappa shape index (κ3) is 4.54. The maximum absolute atomic E-state index is 13.5. The zero-order valence-corrected chi connectivity index (χ0v) is 23.8. The molecule has 2 amide bonds. The molecule has 2 fully saturated rings. The van der Waals surface area contributed by atoms with E-state index in [1.165, 1.54) is 16.5 Å². The van der Waals surface area contributed by atoms with Crippen molar-refractivity contribution in [3.63, 3.8) is 0 Å². The van der Waals surface area contributed by atoms with E-state index >= 15 is 0 Å². The summed E-state index contributed by atoms with van der Waals surface area (Å²) in [6.07, 6.45) is 0.107. The minimum Gasteiger partial charge on any atom is -0.340 e. The van der Waals surface area contributed by atoms with Crippen molar-refractivity contribution in [3.8, 4) is 0 Å². The van der Waals surface area contributed by atoms with Crippen LogP contribution in [0.3, 0.4) is 0 Å². The average Bonchev–Trinajstić information content (AvgIpc) is 3.49. The molecule has 4 aromatic rings. The van der Waals surface area contributed by atoms with Crippen LogP contribution in [0.2, 0.25) is 5.02 Å². The van der Waals surface area contributed by atoms with Crippen LogP contribution in [0.1, 0.15) is 17.5 Å². The Hall–Kier alpha value is -4.22. The molecule has 0 N–H and O–H groups in total. The third-order valence-corrected chi connectivity index (χ3v) is 8.32. The Balaban J connectivity index is 1.29. The molecular formula is C29H30ClN7O4. The zero-order valence-electron chi connectivity index (χ0n) is 23.1. The highest BCUT2D eigenvalue weighted by Crippen LogP contribution is 2.31. The number of amides is 2. The molecule has 0 spiro atoms. The van der Waals surface area contributed by atoms with Crippen molar-refractivity contribution in [2.45, 2.75) is 25.9 Å². The van der Waals surface area contributed by atoms with Crippen LogP contribution < -0.4 is 21.0 Å².